The van der Waals surface area contributed by atoms with Crippen LogP contribution in [-0.4, -0.2) is 18.7 Å². The van der Waals surface area contributed by atoms with Crippen LogP contribution in [0.25, 0.3) is 0 Å². The third-order valence-electron chi connectivity index (χ3n) is 2.11. The normalized spacial score (nSPS) is 10.1. The lowest BCUT2D eigenvalue weighted by Crippen LogP contribution is -2.19. The van der Waals surface area contributed by atoms with E-state index in [2.05, 4.69) is 27.4 Å². The largest absolute Gasteiger partial charge is 0.392 e. The molecule has 0 atom stereocenters. The minimum absolute atomic E-state index is 0.0725. The van der Waals surface area contributed by atoms with Gasteiger partial charge in [-0.25, -0.2) is 0 Å². The quantitative estimate of drug-likeness (QED) is 0.850. The van der Waals surface area contributed by atoms with Gasteiger partial charge in [0.25, 0.3) is 0 Å². The molecule has 0 spiro atoms. The summed E-state index contributed by atoms with van der Waals surface area (Å²) in [5.41, 5.74) is 3.14. The average molecular weight is 270 g/mol. The smallest absolute Gasteiger partial charge is 0.0682 e. The number of rotatable bonds is 4. The lowest BCUT2D eigenvalue weighted by atomic mass is 10.2. The summed E-state index contributed by atoms with van der Waals surface area (Å²) >= 11 is 3.50. The fraction of sp³-hybridized carbons (Fsp3) is 0.333. The summed E-state index contributed by atoms with van der Waals surface area (Å²) in [5.74, 6) is 0. The van der Waals surface area contributed by atoms with Crippen LogP contribution in [-0.2, 0) is 6.61 Å². The lowest BCUT2D eigenvalue weighted by molar-refractivity contribution is 0.282. The Morgan fingerprint density at radius 1 is 1.53 bits per heavy atom. The molecule has 1 N–H and O–H groups in total. The van der Waals surface area contributed by atoms with E-state index in [1.807, 2.05) is 32.2 Å². The highest BCUT2D eigenvalue weighted by Crippen LogP contribution is 2.26. The number of aliphatic hydroxyl groups is 1. The highest BCUT2D eigenvalue weighted by molar-refractivity contribution is 9.10. The average Bonchev–Trinajstić information content (AvgIpc) is 2.16. The molecule has 0 aliphatic heterocycles. The van der Waals surface area contributed by atoms with Gasteiger partial charge in [0.1, 0.15) is 0 Å². The maximum Gasteiger partial charge on any atom is 0.0682 e. The van der Waals surface area contributed by atoms with E-state index in [1.165, 1.54) is 0 Å². The van der Waals surface area contributed by atoms with Gasteiger partial charge in [-0.3, -0.25) is 0 Å². The van der Waals surface area contributed by atoms with Gasteiger partial charge in [0, 0.05) is 18.1 Å². The number of likely N-dealkylation sites (N-methyl/N-ethyl adjacent to an activating group) is 1. The predicted molar refractivity (Wildman–Crippen MR) is 68.1 cm³/mol. The molecule has 0 heterocycles. The first-order valence-corrected chi connectivity index (χ1v) is 5.58. The van der Waals surface area contributed by atoms with E-state index in [1.54, 1.807) is 0 Å². The van der Waals surface area contributed by atoms with Crippen molar-refractivity contribution >= 4 is 21.6 Å². The summed E-state index contributed by atoms with van der Waals surface area (Å²) in [6.07, 6.45) is 0. The van der Waals surface area contributed by atoms with Crippen molar-refractivity contribution in [1.82, 2.24) is 0 Å². The second-order valence-electron chi connectivity index (χ2n) is 3.76. The van der Waals surface area contributed by atoms with Crippen molar-refractivity contribution in [2.24, 2.45) is 0 Å². The highest BCUT2D eigenvalue weighted by atomic mass is 79.9. The number of nitrogens with zero attached hydrogens (tertiary/aromatic N) is 1. The zero-order chi connectivity index (χ0) is 11.4. The van der Waals surface area contributed by atoms with Crippen molar-refractivity contribution in [3.63, 3.8) is 0 Å². The molecule has 0 unspecified atom stereocenters. The number of benzene rings is 1. The molecule has 0 aliphatic carbocycles. The Bertz CT molecular complexity index is 363. The van der Waals surface area contributed by atoms with E-state index >= 15 is 0 Å². The Morgan fingerprint density at radius 3 is 2.67 bits per heavy atom. The molecule has 0 aromatic heterocycles. The van der Waals surface area contributed by atoms with Crippen molar-refractivity contribution < 1.29 is 5.11 Å². The standard InChI is InChI=1S/C12H16BrNO/c1-9(2)7-14(3)12-5-4-10(8-15)6-11(12)13/h4-6,15H,1,7-8H2,2-3H3. The van der Waals surface area contributed by atoms with E-state index in [0.717, 1.165) is 27.8 Å². The fourth-order valence-corrected chi connectivity index (χ4v) is 2.18. The second kappa shape index (κ2) is 5.33. The van der Waals surface area contributed by atoms with Crippen molar-refractivity contribution in [1.29, 1.82) is 0 Å². The number of hydrogen-bond donors (Lipinski definition) is 1. The molecule has 1 aromatic carbocycles. The summed E-state index contributed by atoms with van der Waals surface area (Å²) in [6.45, 7) is 6.80. The summed E-state index contributed by atoms with van der Waals surface area (Å²) in [4.78, 5) is 2.12. The van der Waals surface area contributed by atoms with Crippen LogP contribution in [0.5, 0.6) is 0 Å². The maximum atomic E-state index is 8.99. The summed E-state index contributed by atoms with van der Waals surface area (Å²) in [5, 5.41) is 8.99. The molecule has 0 saturated heterocycles. The molecule has 2 nitrogen and oxygen atoms in total. The van der Waals surface area contributed by atoms with E-state index in [4.69, 9.17) is 5.11 Å². The van der Waals surface area contributed by atoms with Crippen molar-refractivity contribution in [3.05, 3.63) is 40.4 Å². The Labute approximate surface area is 99.4 Å². The van der Waals surface area contributed by atoms with Crippen LogP contribution >= 0.6 is 15.9 Å². The third-order valence-corrected chi connectivity index (χ3v) is 2.75. The molecule has 0 saturated carbocycles. The molecule has 1 aromatic rings. The van der Waals surface area contributed by atoms with Gasteiger partial charge >= 0.3 is 0 Å². The zero-order valence-electron chi connectivity index (χ0n) is 9.13. The van der Waals surface area contributed by atoms with Crippen molar-refractivity contribution in [3.8, 4) is 0 Å². The zero-order valence-corrected chi connectivity index (χ0v) is 10.7. The van der Waals surface area contributed by atoms with Crippen LogP contribution in [0.1, 0.15) is 12.5 Å². The second-order valence-corrected chi connectivity index (χ2v) is 4.61. The molecule has 0 aliphatic rings. The summed E-state index contributed by atoms with van der Waals surface area (Å²) in [7, 11) is 2.02. The SMILES string of the molecule is C=C(C)CN(C)c1ccc(CO)cc1Br. The minimum atomic E-state index is 0.0725. The Balaban J connectivity index is 2.90. The monoisotopic (exact) mass is 269 g/mol. The van der Waals surface area contributed by atoms with E-state index < -0.39 is 0 Å². The maximum absolute atomic E-state index is 8.99. The van der Waals surface area contributed by atoms with Crippen molar-refractivity contribution in [2.45, 2.75) is 13.5 Å². The molecular weight excluding hydrogens is 254 g/mol. The first-order valence-electron chi connectivity index (χ1n) is 4.79. The van der Waals surface area contributed by atoms with Gasteiger partial charge in [0.05, 0.1) is 12.3 Å². The molecule has 3 heteroatoms. The fourth-order valence-electron chi connectivity index (χ4n) is 1.45. The van der Waals surface area contributed by atoms with Crippen LogP contribution in [0, 0.1) is 0 Å². The lowest BCUT2D eigenvalue weighted by Gasteiger charge is -2.21. The molecule has 0 fully saturated rings. The van der Waals surface area contributed by atoms with Gasteiger partial charge in [0.2, 0.25) is 0 Å². The molecular formula is C12H16BrNO. The van der Waals surface area contributed by atoms with Gasteiger partial charge in [0.15, 0.2) is 0 Å². The predicted octanol–water partition coefficient (Wildman–Crippen LogP) is 2.95. The van der Waals surface area contributed by atoms with E-state index in [-0.39, 0.29) is 6.61 Å². The van der Waals surface area contributed by atoms with Crippen LogP contribution in [0.2, 0.25) is 0 Å². The third kappa shape index (κ3) is 3.36. The van der Waals surface area contributed by atoms with Crippen LogP contribution < -0.4 is 4.90 Å². The number of anilines is 1. The molecule has 0 amide bonds. The van der Waals surface area contributed by atoms with E-state index in [0.29, 0.717) is 0 Å². The van der Waals surface area contributed by atoms with Crippen LogP contribution in [0.3, 0.4) is 0 Å². The molecule has 1 rings (SSSR count). The van der Waals surface area contributed by atoms with Crippen LogP contribution in [0.4, 0.5) is 5.69 Å². The number of hydrogen-bond acceptors (Lipinski definition) is 2. The minimum Gasteiger partial charge on any atom is -0.392 e. The summed E-state index contributed by atoms with van der Waals surface area (Å²) < 4.78 is 0.998. The van der Waals surface area contributed by atoms with Gasteiger partial charge in [-0.15, -0.1) is 0 Å². The van der Waals surface area contributed by atoms with Gasteiger partial charge in [-0.2, -0.15) is 0 Å². The Morgan fingerprint density at radius 2 is 2.20 bits per heavy atom. The molecule has 82 valence electrons. The Kier molecular flexibility index (Phi) is 4.36. The first kappa shape index (κ1) is 12.3. The van der Waals surface area contributed by atoms with E-state index in [9.17, 15) is 0 Å². The number of aliphatic hydroxyl groups excluding tert-OH is 1. The van der Waals surface area contributed by atoms with Gasteiger partial charge < -0.3 is 10.0 Å². The number of halogens is 1. The molecule has 0 radical (unpaired) electrons. The molecule has 15 heavy (non-hydrogen) atoms. The highest BCUT2D eigenvalue weighted by Gasteiger charge is 2.06. The molecule has 0 bridgehead atoms. The van der Waals surface area contributed by atoms with Gasteiger partial charge in [-0.1, -0.05) is 18.2 Å². The van der Waals surface area contributed by atoms with Crippen LogP contribution in [0.15, 0.2) is 34.8 Å². The topological polar surface area (TPSA) is 23.5 Å². The van der Waals surface area contributed by atoms with Crippen molar-refractivity contribution in [2.75, 3.05) is 18.5 Å². The summed E-state index contributed by atoms with van der Waals surface area (Å²) in [6, 6.07) is 5.86. The Hall–Kier alpha value is -0.800. The first-order chi connectivity index (χ1) is 7.04. The van der Waals surface area contributed by atoms with Gasteiger partial charge in [-0.05, 0) is 40.5 Å².